The number of halogens is 1. The van der Waals surface area contributed by atoms with Crippen molar-refractivity contribution in [3.8, 4) is 0 Å². The normalized spacial score (nSPS) is 12.4. The smallest absolute Gasteiger partial charge is 0.183 e. The van der Waals surface area contributed by atoms with Gasteiger partial charge >= 0.3 is 0 Å². The number of nitrogens with zero attached hydrogens (tertiary/aromatic N) is 1. The molecule has 0 radical (unpaired) electrons. The third-order valence-corrected chi connectivity index (χ3v) is 3.86. The second-order valence-electron chi connectivity index (χ2n) is 4.54. The zero-order valence-electron chi connectivity index (χ0n) is 10.8. The van der Waals surface area contributed by atoms with E-state index >= 15 is 0 Å². The van der Waals surface area contributed by atoms with Crippen LogP contribution >= 0.6 is 11.3 Å². The minimum atomic E-state index is -0.189. The van der Waals surface area contributed by atoms with Gasteiger partial charge < -0.3 is 5.32 Å². The molecule has 18 heavy (non-hydrogen) atoms. The van der Waals surface area contributed by atoms with E-state index in [1.807, 2.05) is 19.1 Å². The van der Waals surface area contributed by atoms with Crippen LogP contribution in [0.2, 0.25) is 0 Å². The largest absolute Gasteiger partial charge is 0.359 e. The van der Waals surface area contributed by atoms with Crippen LogP contribution in [0.15, 0.2) is 24.3 Å². The molecule has 1 aromatic carbocycles. The molecule has 0 aliphatic rings. The number of thiazole rings is 1. The molecule has 0 amide bonds. The molecule has 0 saturated carbocycles. The van der Waals surface area contributed by atoms with E-state index in [2.05, 4.69) is 24.1 Å². The number of hydrogen-bond acceptors (Lipinski definition) is 3. The first-order valence-corrected chi connectivity index (χ1v) is 6.81. The van der Waals surface area contributed by atoms with Crippen LogP contribution in [0.25, 0.3) is 0 Å². The van der Waals surface area contributed by atoms with E-state index < -0.39 is 0 Å². The minimum Gasteiger partial charge on any atom is -0.359 e. The Morgan fingerprint density at radius 1 is 1.28 bits per heavy atom. The van der Waals surface area contributed by atoms with E-state index in [0.29, 0.717) is 0 Å². The topological polar surface area (TPSA) is 24.9 Å². The molecule has 0 saturated heterocycles. The lowest BCUT2D eigenvalue weighted by molar-refractivity contribution is 0.626. The van der Waals surface area contributed by atoms with Crippen molar-refractivity contribution in [2.75, 3.05) is 5.32 Å². The standard InChI is InChI=1S/C14H17FN2S/c1-9(8-12-4-6-13(15)7-5-12)16-14-17-10(2)11(3)18-14/h4-7,9H,8H2,1-3H3,(H,16,17). The zero-order valence-corrected chi connectivity index (χ0v) is 11.6. The van der Waals surface area contributed by atoms with Crippen LogP contribution in [0.5, 0.6) is 0 Å². The highest BCUT2D eigenvalue weighted by Gasteiger charge is 2.08. The molecule has 0 aliphatic heterocycles. The average molecular weight is 264 g/mol. The number of nitrogens with one attached hydrogen (secondary N) is 1. The van der Waals surface area contributed by atoms with Gasteiger partial charge in [-0.2, -0.15) is 0 Å². The summed E-state index contributed by atoms with van der Waals surface area (Å²) in [6.45, 7) is 6.19. The average Bonchev–Trinajstić information content (AvgIpc) is 2.61. The number of benzene rings is 1. The van der Waals surface area contributed by atoms with Crippen LogP contribution < -0.4 is 5.32 Å². The molecule has 2 rings (SSSR count). The van der Waals surface area contributed by atoms with Crippen molar-refractivity contribution >= 4 is 16.5 Å². The van der Waals surface area contributed by atoms with Crippen molar-refractivity contribution in [2.45, 2.75) is 33.2 Å². The summed E-state index contributed by atoms with van der Waals surface area (Å²) in [5, 5.41) is 4.34. The Bertz CT molecular complexity index is 500. The van der Waals surface area contributed by atoms with Crippen molar-refractivity contribution in [2.24, 2.45) is 0 Å². The lowest BCUT2D eigenvalue weighted by Crippen LogP contribution is -2.17. The number of aryl methyl sites for hydroxylation is 2. The Labute approximate surface area is 111 Å². The number of aromatic nitrogens is 1. The number of rotatable bonds is 4. The van der Waals surface area contributed by atoms with E-state index in [0.717, 1.165) is 22.8 Å². The highest BCUT2D eigenvalue weighted by Crippen LogP contribution is 2.22. The van der Waals surface area contributed by atoms with Gasteiger partial charge in [-0.05, 0) is 44.9 Å². The van der Waals surface area contributed by atoms with Gasteiger partial charge in [0.05, 0.1) is 5.69 Å². The molecule has 1 aromatic heterocycles. The fraction of sp³-hybridized carbons (Fsp3) is 0.357. The fourth-order valence-corrected chi connectivity index (χ4v) is 2.70. The minimum absolute atomic E-state index is 0.189. The summed E-state index contributed by atoms with van der Waals surface area (Å²) < 4.78 is 12.8. The quantitative estimate of drug-likeness (QED) is 0.904. The summed E-state index contributed by atoms with van der Waals surface area (Å²) in [5.74, 6) is -0.189. The molecule has 2 aromatic rings. The van der Waals surface area contributed by atoms with Gasteiger partial charge in [-0.3, -0.25) is 0 Å². The summed E-state index contributed by atoms with van der Waals surface area (Å²) in [6, 6.07) is 6.93. The van der Waals surface area contributed by atoms with Gasteiger partial charge in [0, 0.05) is 10.9 Å². The van der Waals surface area contributed by atoms with Gasteiger partial charge in [0.2, 0.25) is 0 Å². The summed E-state index contributed by atoms with van der Waals surface area (Å²) in [6.07, 6.45) is 0.859. The molecule has 0 bridgehead atoms. The highest BCUT2D eigenvalue weighted by atomic mass is 32.1. The predicted molar refractivity (Wildman–Crippen MR) is 74.8 cm³/mol. The summed E-state index contributed by atoms with van der Waals surface area (Å²) >= 11 is 1.67. The maximum Gasteiger partial charge on any atom is 0.183 e. The number of anilines is 1. The first-order chi connectivity index (χ1) is 8.54. The third kappa shape index (κ3) is 3.29. The van der Waals surface area contributed by atoms with Crippen LogP contribution in [-0.2, 0) is 6.42 Å². The third-order valence-electron chi connectivity index (χ3n) is 2.85. The molecular formula is C14H17FN2S. The molecule has 4 heteroatoms. The Morgan fingerprint density at radius 2 is 1.94 bits per heavy atom. The van der Waals surface area contributed by atoms with Crippen LogP contribution in [0.3, 0.4) is 0 Å². The monoisotopic (exact) mass is 264 g/mol. The fourth-order valence-electron chi connectivity index (χ4n) is 1.77. The van der Waals surface area contributed by atoms with Crippen molar-refractivity contribution in [3.63, 3.8) is 0 Å². The molecule has 0 fully saturated rings. The molecule has 0 aliphatic carbocycles. The van der Waals surface area contributed by atoms with E-state index in [-0.39, 0.29) is 11.9 Å². The lowest BCUT2D eigenvalue weighted by atomic mass is 10.1. The van der Waals surface area contributed by atoms with Gasteiger partial charge in [0.25, 0.3) is 0 Å². The van der Waals surface area contributed by atoms with Crippen molar-refractivity contribution in [1.82, 2.24) is 4.98 Å². The summed E-state index contributed by atoms with van der Waals surface area (Å²) in [4.78, 5) is 5.70. The van der Waals surface area contributed by atoms with Crippen LogP contribution in [-0.4, -0.2) is 11.0 Å². The second kappa shape index (κ2) is 5.48. The van der Waals surface area contributed by atoms with E-state index in [4.69, 9.17) is 0 Å². The van der Waals surface area contributed by atoms with Crippen LogP contribution in [0, 0.1) is 19.7 Å². The maximum atomic E-state index is 12.8. The van der Waals surface area contributed by atoms with Gasteiger partial charge in [0.15, 0.2) is 5.13 Å². The van der Waals surface area contributed by atoms with E-state index in [1.54, 1.807) is 11.3 Å². The first-order valence-electron chi connectivity index (χ1n) is 5.99. The first kappa shape index (κ1) is 13.0. The van der Waals surface area contributed by atoms with E-state index in [9.17, 15) is 4.39 Å². The molecule has 2 nitrogen and oxygen atoms in total. The molecule has 1 N–H and O–H groups in total. The van der Waals surface area contributed by atoms with E-state index in [1.165, 1.54) is 17.0 Å². The predicted octanol–water partition coefficient (Wildman–Crippen LogP) is 3.94. The second-order valence-corrected chi connectivity index (χ2v) is 5.74. The van der Waals surface area contributed by atoms with Gasteiger partial charge in [-0.1, -0.05) is 12.1 Å². The van der Waals surface area contributed by atoms with Gasteiger partial charge in [-0.25, -0.2) is 9.37 Å². The SMILES string of the molecule is Cc1nc(NC(C)Cc2ccc(F)cc2)sc1C. The molecular weight excluding hydrogens is 247 g/mol. The van der Waals surface area contributed by atoms with Crippen molar-refractivity contribution < 1.29 is 4.39 Å². The molecule has 1 unspecified atom stereocenters. The molecule has 1 heterocycles. The van der Waals surface area contributed by atoms with Crippen molar-refractivity contribution in [3.05, 3.63) is 46.2 Å². The zero-order chi connectivity index (χ0) is 13.1. The lowest BCUT2D eigenvalue weighted by Gasteiger charge is -2.12. The Kier molecular flexibility index (Phi) is 3.97. The molecule has 1 atom stereocenters. The van der Waals surface area contributed by atoms with Gasteiger partial charge in [0.1, 0.15) is 5.82 Å². The Balaban J connectivity index is 1.96. The highest BCUT2D eigenvalue weighted by molar-refractivity contribution is 7.15. The van der Waals surface area contributed by atoms with Gasteiger partial charge in [-0.15, -0.1) is 11.3 Å². The Hall–Kier alpha value is -1.42. The van der Waals surface area contributed by atoms with Crippen molar-refractivity contribution in [1.29, 1.82) is 0 Å². The summed E-state index contributed by atoms with van der Waals surface area (Å²) in [5.41, 5.74) is 2.21. The maximum absolute atomic E-state index is 12.8. The van der Waals surface area contributed by atoms with Crippen LogP contribution in [0.1, 0.15) is 23.1 Å². The molecule has 0 spiro atoms. The number of hydrogen-bond donors (Lipinski definition) is 1. The molecule has 96 valence electrons. The Morgan fingerprint density at radius 3 is 2.50 bits per heavy atom. The summed E-state index contributed by atoms with van der Waals surface area (Å²) in [7, 11) is 0. The van der Waals surface area contributed by atoms with Crippen LogP contribution in [0.4, 0.5) is 9.52 Å².